The van der Waals surface area contributed by atoms with Gasteiger partial charge in [-0.1, -0.05) is 30.8 Å². The van der Waals surface area contributed by atoms with E-state index < -0.39 is 0 Å². The Balaban J connectivity index is 1.32. The molecular weight excluding hydrogens is 532 g/mol. The minimum Gasteiger partial charge on any atom is -0.508 e. The van der Waals surface area contributed by atoms with Crippen molar-refractivity contribution in [3.63, 3.8) is 0 Å². The van der Waals surface area contributed by atoms with Gasteiger partial charge in [-0.3, -0.25) is 4.79 Å². The van der Waals surface area contributed by atoms with Crippen molar-refractivity contribution in [2.75, 3.05) is 49.1 Å². The van der Waals surface area contributed by atoms with Crippen LogP contribution in [-0.4, -0.2) is 83.5 Å². The average molecular weight is 569 g/mol. The first-order valence-electron chi connectivity index (χ1n) is 14.6. The molecule has 2 aromatic carbocycles. The van der Waals surface area contributed by atoms with Crippen molar-refractivity contribution in [1.29, 1.82) is 0 Å². The van der Waals surface area contributed by atoms with Gasteiger partial charge in [0.05, 0.1) is 24.4 Å². The lowest BCUT2D eigenvalue weighted by molar-refractivity contribution is -0.128. The van der Waals surface area contributed by atoms with Gasteiger partial charge in [0.1, 0.15) is 24.2 Å². The molecule has 2 fully saturated rings. The highest BCUT2D eigenvalue weighted by atomic mass is 16.5. The van der Waals surface area contributed by atoms with Crippen molar-refractivity contribution in [2.24, 2.45) is 0 Å². The van der Waals surface area contributed by atoms with Crippen molar-refractivity contribution < 1.29 is 19.4 Å². The van der Waals surface area contributed by atoms with Crippen LogP contribution in [0.25, 0.3) is 15.6 Å². The average Bonchev–Trinajstić information content (AvgIpc) is 3.82. The third kappa shape index (κ3) is 5.83. The number of anilines is 2. The van der Waals surface area contributed by atoms with Gasteiger partial charge in [-0.2, -0.15) is 9.97 Å². The second-order valence-electron chi connectivity index (χ2n) is 11.2. The number of fused-ring (bicyclic) bond motifs is 2. The summed E-state index contributed by atoms with van der Waals surface area (Å²) >= 11 is 0. The molecule has 2 aliphatic heterocycles. The number of nitrogens with zero attached hydrogens (tertiary/aromatic N) is 6. The monoisotopic (exact) mass is 568 g/mol. The molecule has 6 rings (SSSR count). The number of piperazine rings is 1. The van der Waals surface area contributed by atoms with Crippen molar-refractivity contribution >= 4 is 28.2 Å². The second-order valence-corrected chi connectivity index (χ2v) is 11.2. The molecule has 1 amide bonds. The van der Waals surface area contributed by atoms with E-state index in [2.05, 4.69) is 27.3 Å². The first-order chi connectivity index (χ1) is 20.4. The fourth-order valence-corrected chi connectivity index (χ4v) is 5.94. The summed E-state index contributed by atoms with van der Waals surface area (Å²) in [7, 11) is 0. The van der Waals surface area contributed by atoms with E-state index in [1.807, 2.05) is 31.2 Å². The minimum absolute atomic E-state index is 0.0766. The van der Waals surface area contributed by atoms with Crippen molar-refractivity contribution in [2.45, 2.75) is 51.0 Å². The van der Waals surface area contributed by atoms with Gasteiger partial charge < -0.3 is 34.1 Å². The van der Waals surface area contributed by atoms with Crippen LogP contribution >= 0.6 is 0 Å². The van der Waals surface area contributed by atoms with E-state index in [1.54, 1.807) is 11.0 Å². The Morgan fingerprint density at radius 2 is 2.05 bits per heavy atom. The van der Waals surface area contributed by atoms with E-state index in [9.17, 15) is 9.90 Å². The Morgan fingerprint density at radius 3 is 2.83 bits per heavy atom. The van der Waals surface area contributed by atoms with E-state index in [-0.39, 0.29) is 30.3 Å². The smallest absolute Gasteiger partial charge is 0.318 e. The zero-order valence-corrected chi connectivity index (χ0v) is 23.9. The molecule has 0 radical (unpaired) electrons. The van der Waals surface area contributed by atoms with Crippen LogP contribution in [0.3, 0.4) is 0 Å². The van der Waals surface area contributed by atoms with Gasteiger partial charge >= 0.3 is 6.01 Å². The van der Waals surface area contributed by atoms with E-state index in [4.69, 9.17) is 26.0 Å². The second kappa shape index (κ2) is 11.9. The molecule has 1 N–H and O–H groups in total. The number of carbonyl (C=O) groups excluding carboxylic acids is 1. The highest BCUT2D eigenvalue weighted by molar-refractivity contribution is 5.95. The summed E-state index contributed by atoms with van der Waals surface area (Å²) in [4.78, 5) is 32.0. The zero-order valence-electron chi connectivity index (χ0n) is 23.9. The molecule has 1 aromatic heterocycles. The molecule has 1 aliphatic carbocycles. The molecule has 1 saturated carbocycles. The SMILES string of the molecule is [C-]#[N+]C[C@H]1CN(c2nc(OC[C@@H](C)OC3CC3)nc3c2CCN(c2cc(O)cc4ccccc24)C3)CCN1C(=O)C=C. The van der Waals surface area contributed by atoms with Gasteiger partial charge in [-0.05, 0) is 43.7 Å². The molecule has 3 aliphatic rings. The van der Waals surface area contributed by atoms with Gasteiger partial charge in [0, 0.05) is 48.9 Å². The molecule has 42 heavy (non-hydrogen) atoms. The normalized spacial score (nSPS) is 19.2. The Kier molecular flexibility index (Phi) is 7.85. The largest absolute Gasteiger partial charge is 0.508 e. The summed E-state index contributed by atoms with van der Waals surface area (Å²) in [5, 5.41) is 12.5. The number of aromatic nitrogens is 2. The number of phenolic OH excluding ortho intramolecular Hbond substituents is 1. The summed E-state index contributed by atoms with van der Waals surface area (Å²) in [6, 6.07) is 11.7. The lowest BCUT2D eigenvalue weighted by atomic mass is 10.0. The first kappa shape index (κ1) is 27.8. The number of phenols is 1. The molecule has 2 atom stereocenters. The number of benzene rings is 2. The van der Waals surface area contributed by atoms with Crippen LogP contribution in [0.5, 0.6) is 11.8 Å². The molecule has 0 unspecified atom stereocenters. The Bertz CT molecular complexity index is 1530. The molecule has 1 saturated heterocycles. The maximum absolute atomic E-state index is 12.5. The summed E-state index contributed by atoms with van der Waals surface area (Å²) in [6.45, 7) is 16.5. The molecule has 0 bridgehead atoms. The van der Waals surface area contributed by atoms with Crippen LogP contribution in [0.15, 0.2) is 49.1 Å². The summed E-state index contributed by atoms with van der Waals surface area (Å²) in [5.74, 6) is 0.867. The van der Waals surface area contributed by atoms with Crippen LogP contribution < -0.4 is 14.5 Å². The highest BCUT2D eigenvalue weighted by Gasteiger charge is 2.35. The van der Waals surface area contributed by atoms with Gasteiger partial charge in [-0.15, -0.1) is 0 Å². The zero-order chi connectivity index (χ0) is 29.2. The fourth-order valence-electron chi connectivity index (χ4n) is 5.94. The summed E-state index contributed by atoms with van der Waals surface area (Å²) in [6.07, 6.45) is 4.45. The first-order valence-corrected chi connectivity index (χ1v) is 14.6. The predicted molar refractivity (Wildman–Crippen MR) is 161 cm³/mol. The van der Waals surface area contributed by atoms with Crippen LogP contribution in [0, 0.1) is 6.57 Å². The standard InChI is InChI=1S/C32H36N6O4/c1-4-30(40)38-14-13-37(18-23(38)17-33-3)31-27-11-12-36(29-16-24(39)15-22-7-5-6-8-26(22)29)19-28(27)34-32(35-31)41-20-21(2)42-25-9-10-25/h4-8,15-16,21,23,25,39H,1,9-14,17-20H2,2H3/t21-,23+/m1/s1. The minimum atomic E-state index is -0.262. The topological polar surface area (TPSA) is 95.6 Å². The van der Waals surface area contributed by atoms with E-state index >= 15 is 0 Å². The van der Waals surface area contributed by atoms with Crippen LogP contribution in [0.1, 0.15) is 31.0 Å². The van der Waals surface area contributed by atoms with E-state index in [1.165, 1.54) is 6.08 Å². The predicted octanol–water partition coefficient (Wildman–Crippen LogP) is 3.97. The lowest BCUT2D eigenvalue weighted by Crippen LogP contribution is -2.56. The molecule has 0 spiro atoms. The van der Waals surface area contributed by atoms with Crippen molar-refractivity contribution in [3.05, 3.63) is 71.7 Å². The van der Waals surface area contributed by atoms with E-state index in [0.717, 1.165) is 52.9 Å². The third-order valence-corrected chi connectivity index (χ3v) is 8.13. The Labute approximate surface area is 246 Å². The number of carbonyl (C=O) groups is 1. The maximum Gasteiger partial charge on any atom is 0.318 e. The van der Waals surface area contributed by atoms with Crippen LogP contribution in [0.4, 0.5) is 11.5 Å². The Hall–Kier alpha value is -4.36. The maximum atomic E-state index is 12.5. The summed E-state index contributed by atoms with van der Waals surface area (Å²) in [5.41, 5.74) is 2.88. The number of ether oxygens (including phenoxy) is 2. The van der Waals surface area contributed by atoms with Crippen LogP contribution in [-0.2, 0) is 22.5 Å². The third-order valence-electron chi connectivity index (χ3n) is 8.13. The quantitative estimate of drug-likeness (QED) is 0.306. The summed E-state index contributed by atoms with van der Waals surface area (Å²) < 4.78 is 12.1. The molecule has 3 aromatic rings. The molecule has 10 nitrogen and oxygen atoms in total. The molecule has 10 heteroatoms. The fraction of sp³-hybridized carbons (Fsp3) is 0.438. The molecule has 3 heterocycles. The molecule has 218 valence electrons. The van der Waals surface area contributed by atoms with Gasteiger partial charge in [0.2, 0.25) is 12.5 Å². The van der Waals surface area contributed by atoms with Crippen molar-refractivity contribution in [1.82, 2.24) is 14.9 Å². The number of aromatic hydroxyl groups is 1. The number of hydrogen-bond donors (Lipinski definition) is 1. The highest BCUT2D eigenvalue weighted by Crippen LogP contribution is 2.37. The van der Waals surface area contributed by atoms with Crippen molar-refractivity contribution in [3.8, 4) is 11.8 Å². The number of hydrogen-bond acceptors (Lipinski definition) is 8. The van der Waals surface area contributed by atoms with Crippen LogP contribution in [0.2, 0.25) is 0 Å². The van der Waals surface area contributed by atoms with Gasteiger partial charge in [-0.25, -0.2) is 6.57 Å². The van der Waals surface area contributed by atoms with E-state index in [0.29, 0.717) is 51.3 Å². The lowest BCUT2D eigenvalue weighted by Gasteiger charge is -2.41. The molecular formula is C32H36N6O4. The number of amides is 1. The number of rotatable bonds is 9. The Morgan fingerprint density at radius 1 is 1.21 bits per heavy atom. The van der Waals surface area contributed by atoms with Gasteiger partial charge in [0.25, 0.3) is 0 Å². The van der Waals surface area contributed by atoms with Gasteiger partial charge in [0.15, 0.2) is 0 Å².